The molecule has 1 aromatic heterocycles. The lowest BCUT2D eigenvalue weighted by molar-refractivity contribution is 0.183. The Kier molecular flexibility index (Phi) is 5.83. The summed E-state index contributed by atoms with van der Waals surface area (Å²) in [6, 6.07) is 4.93. The Bertz CT molecular complexity index is 327. The fourth-order valence-electron chi connectivity index (χ4n) is 1.86. The van der Waals surface area contributed by atoms with Crippen molar-refractivity contribution in [1.82, 2.24) is 10.2 Å². The van der Waals surface area contributed by atoms with Gasteiger partial charge in [0.15, 0.2) is 0 Å². The molecule has 104 valence electrons. The third kappa shape index (κ3) is 5.51. The molecule has 1 rings (SSSR count). The first-order chi connectivity index (χ1) is 8.29. The molecular weight excluding hydrogens is 240 g/mol. The molecule has 0 saturated heterocycles. The van der Waals surface area contributed by atoms with Crippen molar-refractivity contribution in [3.63, 3.8) is 0 Å². The minimum atomic E-state index is 0.209. The largest absolute Gasteiger partial charge is 0.312 e. The molecule has 0 aromatic carbocycles. The van der Waals surface area contributed by atoms with E-state index in [1.807, 2.05) is 11.3 Å². The maximum atomic E-state index is 3.59. The molecular formula is C15H28N2S. The number of nitrogens with zero attached hydrogens (tertiary/aromatic N) is 1. The van der Waals surface area contributed by atoms with Crippen LogP contribution >= 0.6 is 11.3 Å². The Hall–Kier alpha value is -0.380. The number of thiophene rings is 1. The maximum absolute atomic E-state index is 3.59. The van der Waals surface area contributed by atoms with Gasteiger partial charge < -0.3 is 5.32 Å². The van der Waals surface area contributed by atoms with Gasteiger partial charge in [0.05, 0.1) is 0 Å². The van der Waals surface area contributed by atoms with Crippen LogP contribution in [0.4, 0.5) is 0 Å². The Labute approximate surface area is 116 Å². The molecule has 3 heteroatoms. The van der Waals surface area contributed by atoms with Crippen LogP contribution in [0.2, 0.25) is 0 Å². The first kappa shape index (κ1) is 15.7. The Morgan fingerprint density at radius 1 is 1.33 bits per heavy atom. The number of hydrogen-bond acceptors (Lipinski definition) is 3. The highest BCUT2D eigenvalue weighted by molar-refractivity contribution is 7.09. The van der Waals surface area contributed by atoms with Crippen molar-refractivity contribution in [2.45, 2.75) is 52.7 Å². The Morgan fingerprint density at radius 2 is 2.00 bits per heavy atom. The van der Waals surface area contributed by atoms with Gasteiger partial charge in [-0.1, -0.05) is 13.0 Å². The summed E-state index contributed by atoms with van der Waals surface area (Å²) < 4.78 is 0. The van der Waals surface area contributed by atoms with Gasteiger partial charge in [0.1, 0.15) is 0 Å². The summed E-state index contributed by atoms with van der Waals surface area (Å²) in [5, 5.41) is 5.74. The molecule has 0 aliphatic rings. The number of nitrogens with one attached hydrogen (secondary N) is 1. The van der Waals surface area contributed by atoms with Crippen molar-refractivity contribution in [2.24, 2.45) is 5.92 Å². The number of hydrogen-bond donors (Lipinski definition) is 1. The Balaban J connectivity index is 2.40. The topological polar surface area (TPSA) is 15.3 Å². The van der Waals surface area contributed by atoms with Crippen LogP contribution in [0.25, 0.3) is 0 Å². The zero-order valence-corrected chi connectivity index (χ0v) is 13.5. The van der Waals surface area contributed by atoms with E-state index < -0.39 is 0 Å². The smallest absolute Gasteiger partial charge is 0.0327 e. The monoisotopic (exact) mass is 268 g/mol. The summed E-state index contributed by atoms with van der Waals surface area (Å²) in [6.07, 6.45) is 0. The molecule has 2 atom stereocenters. The molecule has 2 nitrogen and oxygen atoms in total. The van der Waals surface area contributed by atoms with Crippen LogP contribution in [0.5, 0.6) is 0 Å². The second kappa shape index (κ2) is 6.69. The highest BCUT2D eigenvalue weighted by Gasteiger charge is 2.19. The first-order valence-electron chi connectivity index (χ1n) is 6.77. The standard InChI is InChI=1S/C15H28N2S/c1-12(10-16-15(3,4)5)13(2)17(6)11-14-8-7-9-18-14/h7-9,12-13,16H,10-11H2,1-6H3. The van der Waals surface area contributed by atoms with Gasteiger partial charge in [-0.2, -0.15) is 0 Å². The van der Waals surface area contributed by atoms with E-state index in [-0.39, 0.29) is 5.54 Å². The molecule has 0 bridgehead atoms. The average Bonchev–Trinajstić information content (AvgIpc) is 2.76. The van der Waals surface area contributed by atoms with Crippen molar-refractivity contribution in [3.05, 3.63) is 22.4 Å². The van der Waals surface area contributed by atoms with Crippen molar-refractivity contribution < 1.29 is 0 Å². The molecule has 0 fully saturated rings. The van der Waals surface area contributed by atoms with Crippen molar-refractivity contribution >= 4 is 11.3 Å². The molecule has 0 aliphatic carbocycles. The highest BCUT2D eigenvalue weighted by Crippen LogP contribution is 2.16. The second-order valence-corrected chi connectivity index (χ2v) is 7.38. The van der Waals surface area contributed by atoms with Gasteiger partial charge in [-0.3, -0.25) is 4.90 Å². The van der Waals surface area contributed by atoms with Crippen LogP contribution in [0.3, 0.4) is 0 Å². The van der Waals surface area contributed by atoms with E-state index in [9.17, 15) is 0 Å². The minimum absolute atomic E-state index is 0.209. The van der Waals surface area contributed by atoms with Gasteiger partial charge in [0, 0.05) is 23.0 Å². The van der Waals surface area contributed by atoms with E-state index in [4.69, 9.17) is 0 Å². The van der Waals surface area contributed by atoms with Gasteiger partial charge in [-0.25, -0.2) is 0 Å². The average molecular weight is 268 g/mol. The summed E-state index contributed by atoms with van der Waals surface area (Å²) in [7, 11) is 2.22. The lowest BCUT2D eigenvalue weighted by Crippen LogP contribution is -2.44. The molecule has 0 amide bonds. The van der Waals surface area contributed by atoms with Crippen LogP contribution in [-0.4, -0.2) is 30.1 Å². The van der Waals surface area contributed by atoms with Crippen LogP contribution in [0, 0.1) is 5.92 Å². The third-order valence-electron chi connectivity index (χ3n) is 3.46. The highest BCUT2D eigenvalue weighted by atomic mass is 32.1. The molecule has 2 unspecified atom stereocenters. The van der Waals surface area contributed by atoms with E-state index in [0.29, 0.717) is 12.0 Å². The van der Waals surface area contributed by atoms with Crippen molar-refractivity contribution in [3.8, 4) is 0 Å². The van der Waals surface area contributed by atoms with Gasteiger partial charge >= 0.3 is 0 Å². The van der Waals surface area contributed by atoms with Gasteiger partial charge in [0.25, 0.3) is 0 Å². The molecule has 1 heterocycles. The van der Waals surface area contributed by atoms with E-state index >= 15 is 0 Å². The summed E-state index contributed by atoms with van der Waals surface area (Å²) in [5.41, 5.74) is 0.209. The zero-order valence-electron chi connectivity index (χ0n) is 12.7. The lowest BCUT2D eigenvalue weighted by atomic mass is 10.00. The van der Waals surface area contributed by atoms with Crippen molar-refractivity contribution in [2.75, 3.05) is 13.6 Å². The summed E-state index contributed by atoms with van der Waals surface area (Å²) >= 11 is 1.84. The number of rotatable bonds is 6. The summed E-state index contributed by atoms with van der Waals surface area (Å²) in [5.74, 6) is 0.647. The Morgan fingerprint density at radius 3 is 2.50 bits per heavy atom. The summed E-state index contributed by atoms with van der Waals surface area (Å²) in [4.78, 5) is 3.89. The lowest BCUT2D eigenvalue weighted by Gasteiger charge is -2.32. The fourth-order valence-corrected chi connectivity index (χ4v) is 2.63. The van der Waals surface area contributed by atoms with Crippen LogP contribution < -0.4 is 5.32 Å². The van der Waals surface area contributed by atoms with Crippen LogP contribution in [0.1, 0.15) is 39.5 Å². The third-order valence-corrected chi connectivity index (χ3v) is 4.32. The summed E-state index contributed by atoms with van der Waals surface area (Å²) in [6.45, 7) is 13.4. The van der Waals surface area contributed by atoms with Crippen LogP contribution in [0.15, 0.2) is 17.5 Å². The van der Waals surface area contributed by atoms with Gasteiger partial charge in [-0.15, -0.1) is 11.3 Å². The predicted molar refractivity (Wildman–Crippen MR) is 82.2 cm³/mol. The van der Waals surface area contributed by atoms with Crippen LogP contribution in [-0.2, 0) is 6.54 Å². The first-order valence-corrected chi connectivity index (χ1v) is 7.65. The second-order valence-electron chi connectivity index (χ2n) is 6.34. The minimum Gasteiger partial charge on any atom is -0.312 e. The molecule has 1 aromatic rings. The van der Waals surface area contributed by atoms with E-state index in [1.165, 1.54) is 4.88 Å². The van der Waals surface area contributed by atoms with Gasteiger partial charge in [0.2, 0.25) is 0 Å². The molecule has 0 aliphatic heterocycles. The quantitative estimate of drug-likeness (QED) is 0.848. The normalized spacial score (nSPS) is 15.9. The maximum Gasteiger partial charge on any atom is 0.0327 e. The van der Waals surface area contributed by atoms with Gasteiger partial charge in [-0.05, 0) is 58.7 Å². The predicted octanol–water partition coefficient (Wildman–Crippen LogP) is 3.59. The molecule has 1 N–H and O–H groups in total. The fraction of sp³-hybridized carbons (Fsp3) is 0.733. The molecule has 0 spiro atoms. The SMILES string of the molecule is CC(CNC(C)(C)C)C(C)N(C)Cc1cccs1. The molecule has 0 radical (unpaired) electrons. The van der Waals surface area contributed by atoms with Crippen molar-refractivity contribution in [1.29, 1.82) is 0 Å². The molecule has 0 saturated carbocycles. The van der Waals surface area contributed by atoms with E-state index in [0.717, 1.165) is 13.1 Å². The van der Waals surface area contributed by atoms with E-state index in [2.05, 4.69) is 69.4 Å². The zero-order chi connectivity index (χ0) is 13.8. The van der Waals surface area contributed by atoms with E-state index in [1.54, 1.807) is 0 Å². The molecule has 18 heavy (non-hydrogen) atoms.